The number of ether oxygens (including phenoxy) is 2. The van der Waals surface area contributed by atoms with Crippen LogP contribution in [0.25, 0.3) is 5.57 Å². The first kappa shape index (κ1) is 28.0. The molecule has 40 heavy (non-hydrogen) atoms. The van der Waals surface area contributed by atoms with Crippen molar-refractivity contribution >= 4 is 11.5 Å². The molecule has 0 saturated carbocycles. The number of carbonyl (C=O) groups is 1. The van der Waals surface area contributed by atoms with Gasteiger partial charge in [-0.3, -0.25) is 9.69 Å². The lowest BCUT2D eigenvalue weighted by Gasteiger charge is -2.37. The molecular formula is C35H42N2O3. The number of methoxy groups -OCH3 is 2. The molecule has 0 radical (unpaired) electrons. The maximum absolute atomic E-state index is 12.9. The Hall–Kier alpha value is -3.57. The van der Waals surface area contributed by atoms with Crippen LogP contribution in [0.5, 0.6) is 11.5 Å². The number of nitrogens with zero attached hydrogens (tertiary/aromatic N) is 2. The summed E-state index contributed by atoms with van der Waals surface area (Å²) in [4.78, 5) is 17.6. The molecule has 0 spiro atoms. The van der Waals surface area contributed by atoms with Gasteiger partial charge >= 0.3 is 0 Å². The molecule has 2 fully saturated rings. The summed E-state index contributed by atoms with van der Waals surface area (Å²) in [5, 5.41) is 0. The Morgan fingerprint density at radius 3 is 1.73 bits per heavy atom. The zero-order valence-corrected chi connectivity index (χ0v) is 24.4. The molecule has 5 rings (SSSR count). The minimum absolute atomic E-state index is 0.0958. The van der Waals surface area contributed by atoms with Crippen LogP contribution in [0, 0.1) is 0 Å². The van der Waals surface area contributed by atoms with Crippen LogP contribution in [0.1, 0.15) is 66.6 Å². The van der Waals surface area contributed by atoms with Crippen LogP contribution in [-0.2, 0) is 6.42 Å². The van der Waals surface area contributed by atoms with Gasteiger partial charge in [0.2, 0.25) is 0 Å². The zero-order chi connectivity index (χ0) is 28.1. The largest absolute Gasteiger partial charge is 0.497 e. The van der Waals surface area contributed by atoms with Gasteiger partial charge in [-0.1, -0.05) is 42.0 Å². The first-order valence-corrected chi connectivity index (χ1v) is 14.7. The Bertz CT molecular complexity index is 1290. The van der Waals surface area contributed by atoms with Crippen molar-refractivity contribution < 1.29 is 14.3 Å². The van der Waals surface area contributed by atoms with Gasteiger partial charge in [0.25, 0.3) is 5.91 Å². The smallest absolute Gasteiger partial charge is 0.253 e. The van der Waals surface area contributed by atoms with Gasteiger partial charge in [0.15, 0.2) is 0 Å². The predicted molar refractivity (Wildman–Crippen MR) is 162 cm³/mol. The van der Waals surface area contributed by atoms with Crippen molar-refractivity contribution in [2.24, 2.45) is 0 Å². The SMILES string of the molecule is CCN(CC)C(=O)c1ccc(C(=C2CC3CCC(C2)N3CCc2ccc(OC)cc2)c2ccc(OC)cc2)cc1. The summed E-state index contributed by atoms with van der Waals surface area (Å²) < 4.78 is 10.8. The minimum Gasteiger partial charge on any atom is -0.497 e. The third-order valence-corrected chi connectivity index (χ3v) is 8.76. The monoisotopic (exact) mass is 538 g/mol. The number of fused-ring (bicyclic) bond motifs is 2. The van der Waals surface area contributed by atoms with Crippen molar-refractivity contribution in [1.82, 2.24) is 9.80 Å². The molecule has 2 saturated heterocycles. The topological polar surface area (TPSA) is 42.0 Å². The first-order chi connectivity index (χ1) is 19.5. The van der Waals surface area contributed by atoms with E-state index >= 15 is 0 Å². The molecule has 3 aromatic rings. The molecular weight excluding hydrogens is 496 g/mol. The Kier molecular flexibility index (Phi) is 8.91. The molecule has 0 aromatic heterocycles. The van der Waals surface area contributed by atoms with Gasteiger partial charge in [0.1, 0.15) is 11.5 Å². The van der Waals surface area contributed by atoms with Gasteiger partial charge in [-0.25, -0.2) is 0 Å². The lowest BCUT2D eigenvalue weighted by atomic mass is 9.85. The molecule has 2 bridgehead atoms. The van der Waals surface area contributed by atoms with E-state index in [2.05, 4.69) is 53.4 Å². The fourth-order valence-corrected chi connectivity index (χ4v) is 6.53. The number of piperidine rings is 1. The number of amides is 1. The van der Waals surface area contributed by atoms with E-state index in [0.29, 0.717) is 12.1 Å². The maximum atomic E-state index is 12.9. The molecule has 0 N–H and O–H groups in total. The quantitative estimate of drug-likeness (QED) is 0.283. The summed E-state index contributed by atoms with van der Waals surface area (Å²) >= 11 is 0. The van der Waals surface area contributed by atoms with Crippen LogP contribution in [0.2, 0.25) is 0 Å². The van der Waals surface area contributed by atoms with Crippen molar-refractivity contribution in [3.63, 3.8) is 0 Å². The van der Waals surface area contributed by atoms with Crippen molar-refractivity contribution in [1.29, 1.82) is 0 Å². The average Bonchev–Trinajstić information content (AvgIpc) is 3.24. The fraction of sp³-hybridized carbons (Fsp3) is 0.400. The highest BCUT2D eigenvalue weighted by atomic mass is 16.5. The summed E-state index contributed by atoms with van der Waals surface area (Å²) in [7, 11) is 3.42. The van der Waals surface area contributed by atoms with E-state index in [-0.39, 0.29) is 5.91 Å². The molecule has 2 aliphatic heterocycles. The highest BCUT2D eigenvalue weighted by Gasteiger charge is 2.39. The minimum atomic E-state index is 0.0958. The Morgan fingerprint density at radius 2 is 1.23 bits per heavy atom. The second-order valence-electron chi connectivity index (χ2n) is 10.9. The Balaban J connectivity index is 1.41. The molecule has 2 atom stereocenters. The number of carbonyl (C=O) groups excluding carboxylic acids is 1. The van der Waals surface area contributed by atoms with Gasteiger partial charge < -0.3 is 14.4 Å². The molecule has 3 aromatic carbocycles. The van der Waals surface area contributed by atoms with Gasteiger partial charge in [0.05, 0.1) is 14.2 Å². The number of rotatable bonds is 10. The molecule has 5 nitrogen and oxygen atoms in total. The van der Waals surface area contributed by atoms with Crippen LogP contribution >= 0.6 is 0 Å². The van der Waals surface area contributed by atoms with Crippen LogP contribution in [0.15, 0.2) is 78.4 Å². The van der Waals surface area contributed by atoms with Crippen LogP contribution in [0.3, 0.4) is 0 Å². The van der Waals surface area contributed by atoms with Gasteiger partial charge in [0, 0.05) is 37.3 Å². The van der Waals surface area contributed by atoms with Crippen molar-refractivity contribution in [2.45, 2.75) is 58.0 Å². The lowest BCUT2D eigenvalue weighted by Crippen LogP contribution is -2.41. The maximum Gasteiger partial charge on any atom is 0.253 e. The zero-order valence-electron chi connectivity index (χ0n) is 24.4. The standard InChI is InChI=1S/C35H42N2O3/c1-5-36(6-2)35(38)28-11-9-26(10-12-28)34(27-13-19-33(40-4)20-14-27)29-23-30-15-16-31(24-29)37(30)22-21-25-7-17-32(39-3)18-8-25/h7-14,17-20,30-31H,5-6,15-16,21-24H2,1-4H3. The van der Waals surface area contributed by atoms with Gasteiger partial charge in [-0.2, -0.15) is 0 Å². The summed E-state index contributed by atoms with van der Waals surface area (Å²) in [6.07, 6.45) is 5.73. The van der Waals surface area contributed by atoms with Crippen LogP contribution in [0.4, 0.5) is 0 Å². The summed E-state index contributed by atoms with van der Waals surface area (Å²) in [5.74, 6) is 1.87. The molecule has 2 heterocycles. The summed E-state index contributed by atoms with van der Waals surface area (Å²) in [6.45, 7) is 6.58. The second-order valence-corrected chi connectivity index (χ2v) is 10.9. The molecule has 0 aliphatic carbocycles. The second kappa shape index (κ2) is 12.7. The number of benzene rings is 3. The highest BCUT2D eigenvalue weighted by Crippen LogP contribution is 2.43. The molecule has 2 unspecified atom stereocenters. The van der Waals surface area contributed by atoms with E-state index < -0.39 is 0 Å². The lowest BCUT2D eigenvalue weighted by molar-refractivity contribution is 0.0773. The normalized spacial score (nSPS) is 18.4. The van der Waals surface area contributed by atoms with Gasteiger partial charge in [-0.15, -0.1) is 0 Å². The molecule has 210 valence electrons. The summed E-state index contributed by atoms with van der Waals surface area (Å²) in [5.41, 5.74) is 7.35. The Labute approximate surface area is 239 Å². The number of hydrogen-bond donors (Lipinski definition) is 0. The van der Waals surface area contributed by atoms with E-state index in [4.69, 9.17) is 9.47 Å². The van der Waals surface area contributed by atoms with Crippen molar-refractivity contribution in [3.8, 4) is 11.5 Å². The van der Waals surface area contributed by atoms with Crippen LogP contribution < -0.4 is 9.47 Å². The number of hydrogen-bond acceptors (Lipinski definition) is 4. The fourth-order valence-electron chi connectivity index (χ4n) is 6.53. The van der Waals surface area contributed by atoms with Crippen molar-refractivity contribution in [2.75, 3.05) is 33.9 Å². The average molecular weight is 539 g/mol. The molecule has 1 amide bonds. The highest BCUT2D eigenvalue weighted by molar-refractivity contribution is 5.95. The predicted octanol–water partition coefficient (Wildman–Crippen LogP) is 6.86. The van der Waals surface area contributed by atoms with E-state index in [9.17, 15) is 4.79 Å². The summed E-state index contributed by atoms with van der Waals surface area (Å²) in [6, 6.07) is 26.4. The first-order valence-electron chi connectivity index (χ1n) is 14.7. The Morgan fingerprint density at radius 1 is 0.750 bits per heavy atom. The third kappa shape index (κ3) is 5.95. The van der Waals surface area contributed by atoms with E-state index in [1.807, 2.05) is 43.0 Å². The van der Waals surface area contributed by atoms with E-state index in [1.54, 1.807) is 14.2 Å². The third-order valence-electron chi connectivity index (χ3n) is 8.76. The van der Waals surface area contributed by atoms with Gasteiger partial charge in [-0.05, 0) is 105 Å². The van der Waals surface area contributed by atoms with Crippen molar-refractivity contribution in [3.05, 3.63) is 101 Å². The molecule has 2 aliphatic rings. The van der Waals surface area contributed by atoms with Crippen LogP contribution in [-0.4, -0.2) is 61.6 Å². The van der Waals surface area contributed by atoms with E-state index in [1.165, 1.54) is 40.7 Å². The van der Waals surface area contributed by atoms with E-state index in [0.717, 1.165) is 56.0 Å². The molecule has 5 heteroatoms.